The number of benzene rings is 2. The molecule has 1 heterocycles. The summed E-state index contributed by atoms with van der Waals surface area (Å²) in [6, 6.07) is 14.0. The minimum absolute atomic E-state index is 0.0859. The molecule has 122 valence electrons. The second-order valence-electron chi connectivity index (χ2n) is 5.06. The first-order valence-corrected chi connectivity index (χ1v) is 8.43. The summed E-state index contributed by atoms with van der Waals surface area (Å²) in [6.07, 6.45) is 0. The highest BCUT2D eigenvalue weighted by molar-refractivity contribution is 7.98. The van der Waals surface area contributed by atoms with E-state index in [0.29, 0.717) is 16.6 Å². The van der Waals surface area contributed by atoms with E-state index >= 15 is 0 Å². The Morgan fingerprint density at radius 1 is 1.21 bits per heavy atom. The van der Waals surface area contributed by atoms with Gasteiger partial charge in [-0.05, 0) is 17.7 Å². The van der Waals surface area contributed by atoms with Crippen LogP contribution in [0.3, 0.4) is 0 Å². The normalized spacial score (nSPS) is 10.8. The Hall–Kier alpha value is -2.38. The number of nitro groups is 1. The lowest BCUT2D eigenvalue weighted by atomic mass is 10.2. The average Bonchev–Trinajstić information content (AvgIpc) is 2.94. The zero-order chi connectivity index (χ0) is 17.1. The molecule has 24 heavy (non-hydrogen) atoms. The number of nitrogens with zero attached hydrogens (tertiary/aromatic N) is 4. The van der Waals surface area contributed by atoms with Gasteiger partial charge >= 0.3 is 0 Å². The summed E-state index contributed by atoms with van der Waals surface area (Å²) in [4.78, 5) is 10.4. The van der Waals surface area contributed by atoms with Crippen molar-refractivity contribution in [2.24, 2.45) is 7.05 Å². The van der Waals surface area contributed by atoms with Crippen LogP contribution in [0, 0.1) is 10.1 Å². The molecule has 0 aliphatic heterocycles. The van der Waals surface area contributed by atoms with Crippen LogP contribution in [0.1, 0.15) is 5.56 Å². The van der Waals surface area contributed by atoms with Gasteiger partial charge in [-0.15, -0.1) is 10.2 Å². The van der Waals surface area contributed by atoms with E-state index in [2.05, 4.69) is 10.2 Å². The highest BCUT2D eigenvalue weighted by atomic mass is 35.5. The smallest absolute Gasteiger partial charge is 0.269 e. The molecule has 0 aliphatic carbocycles. The molecule has 0 fully saturated rings. The van der Waals surface area contributed by atoms with Crippen molar-refractivity contribution in [3.8, 4) is 11.4 Å². The summed E-state index contributed by atoms with van der Waals surface area (Å²) in [6.45, 7) is 0. The van der Waals surface area contributed by atoms with Gasteiger partial charge in [0.25, 0.3) is 5.69 Å². The van der Waals surface area contributed by atoms with E-state index in [1.54, 1.807) is 12.1 Å². The van der Waals surface area contributed by atoms with Crippen LogP contribution in [-0.4, -0.2) is 19.7 Å². The molecule has 0 bridgehead atoms. The first-order valence-electron chi connectivity index (χ1n) is 7.06. The molecule has 8 heteroatoms. The molecule has 0 N–H and O–H groups in total. The molecule has 3 rings (SSSR count). The highest BCUT2D eigenvalue weighted by Gasteiger charge is 2.14. The maximum Gasteiger partial charge on any atom is 0.269 e. The van der Waals surface area contributed by atoms with E-state index in [-0.39, 0.29) is 5.69 Å². The van der Waals surface area contributed by atoms with Gasteiger partial charge in [-0.1, -0.05) is 47.6 Å². The molecule has 0 amide bonds. The molecule has 1 aromatic heterocycles. The van der Waals surface area contributed by atoms with Crippen molar-refractivity contribution in [3.63, 3.8) is 0 Å². The molecule has 0 spiro atoms. The van der Waals surface area contributed by atoms with Gasteiger partial charge in [-0.25, -0.2) is 0 Å². The van der Waals surface area contributed by atoms with Crippen LogP contribution >= 0.6 is 23.4 Å². The van der Waals surface area contributed by atoms with Gasteiger partial charge in [0, 0.05) is 30.5 Å². The number of thioether (sulfide) groups is 1. The minimum Gasteiger partial charge on any atom is -0.305 e. The Balaban J connectivity index is 1.79. The van der Waals surface area contributed by atoms with E-state index in [9.17, 15) is 10.1 Å². The zero-order valence-corrected chi connectivity index (χ0v) is 14.3. The SMILES string of the molecule is Cn1c(SCc2cccc([N+](=O)[O-])c2)nnc1-c1ccccc1Cl. The number of aromatic nitrogens is 3. The van der Waals surface area contributed by atoms with Crippen molar-refractivity contribution in [1.29, 1.82) is 0 Å². The molecule has 0 unspecified atom stereocenters. The van der Waals surface area contributed by atoms with Gasteiger partial charge in [0.05, 0.1) is 9.95 Å². The fourth-order valence-corrected chi connectivity index (χ4v) is 3.30. The van der Waals surface area contributed by atoms with Gasteiger partial charge in [-0.2, -0.15) is 0 Å². The average molecular weight is 361 g/mol. The van der Waals surface area contributed by atoms with Crippen LogP contribution < -0.4 is 0 Å². The van der Waals surface area contributed by atoms with Gasteiger partial charge in [0.15, 0.2) is 11.0 Å². The van der Waals surface area contributed by atoms with Crippen molar-refractivity contribution < 1.29 is 4.92 Å². The van der Waals surface area contributed by atoms with Gasteiger partial charge in [0.1, 0.15) is 0 Å². The third-order valence-electron chi connectivity index (χ3n) is 3.44. The van der Waals surface area contributed by atoms with Crippen molar-refractivity contribution in [2.45, 2.75) is 10.9 Å². The Bertz CT molecular complexity index is 897. The molecule has 2 aromatic carbocycles. The van der Waals surface area contributed by atoms with E-state index in [0.717, 1.165) is 16.3 Å². The highest BCUT2D eigenvalue weighted by Crippen LogP contribution is 2.29. The maximum absolute atomic E-state index is 10.8. The summed E-state index contributed by atoms with van der Waals surface area (Å²) in [5.74, 6) is 1.25. The second-order valence-corrected chi connectivity index (χ2v) is 6.41. The van der Waals surface area contributed by atoms with Crippen molar-refractivity contribution in [2.75, 3.05) is 0 Å². The molecule has 0 saturated carbocycles. The predicted octanol–water partition coefficient (Wildman–Crippen LogP) is 4.34. The van der Waals surface area contributed by atoms with Crippen LogP contribution in [0.4, 0.5) is 5.69 Å². The maximum atomic E-state index is 10.8. The Labute approximate surface area is 147 Å². The quantitative estimate of drug-likeness (QED) is 0.384. The lowest BCUT2D eigenvalue weighted by Gasteiger charge is -2.05. The van der Waals surface area contributed by atoms with Crippen molar-refractivity contribution in [3.05, 3.63) is 69.2 Å². The third-order valence-corrected chi connectivity index (χ3v) is 4.86. The van der Waals surface area contributed by atoms with Crippen molar-refractivity contribution in [1.82, 2.24) is 14.8 Å². The van der Waals surface area contributed by atoms with Crippen LogP contribution in [0.2, 0.25) is 5.02 Å². The third kappa shape index (κ3) is 3.42. The summed E-state index contributed by atoms with van der Waals surface area (Å²) >= 11 is 7.67. The number of hydrogen-bond acceptors (Lipinski definition) is 5. The molecular formula is C16H13ClN4O2S. The molecule has 3 aromatic rings. The molecular weight excluding hydrogens is 348 g/mol. The lowest BCUT2D eigenvalue weighted by molar-refractivity contribution is -0.384. The largest absolute Gasteiger partial charge is 0.305 e. The number of non-ortho nitro benzene ring substituents is 1. The van der Waals surface area contributed by atoms with Gasteiger partial charge in [0.2, 0.25) is 0 Å². The summed E-state index contributed by atoms with van der Waals surface area (Å²) < 4.78 is 1.86. The first-order chi connectivity index (χ1) is 11.6. The van der Waals surface area contributed by atoms with E-state index < -0.39 is 4.92 Å². The number of halogens is 1. The van der Waals surface area contributed by atoms with Crippen LogP contribution in [0.5, 0.6) is 0 Å². The van der Waals surface area contributed by atoms with E-state index in [4.69, 9.17) is 11.6 Å². The first kappa shape index (κ1) is 16.5. The van der Waals surface area contributed by atoms with Crippen LogP contribution in [0.15, 0.2) is 53.7 Å². The Kier molecular flexibility index (Phi) is 4.82. The molecule has 0 saturated heterocycles. The number of nitro benzene ring substituents is 1. The summed E-state index contributed by atoms with van der Waals surface area (Å²) in [5.41, 5.74) is 1.76. The molecule has 0 atom stereocenters. The van der Waals surface area contributed by atoms with E-state index in [1.807, 2.05) is 41.9 Å². The van der Waals surface area contributed by atoms with Crippen LogP contribution in [-0.2, 0) is 12.8 Å². The van der Waals surface area contributed by atoms with Crippen LogP contribution in [0.25, 0.3) is 11.4 Å². The second kappa shape index (κ2) is 7.02. The fraction of sp³-hybridized carbons (Fsp3) is 0.125. The molecule has 6 nitrogen and oxygen atoms in total. The van der Waals surface area contributed by atoms with Gasteiger partial charge in [-0.3, -0.25) is 10.1 Å². The predicted molar refractivity (Wildman–Crippen MR) is 94.1 cm³/mol. The number of rotatable bonds is 5. The molecule has 0 radical (unpaired) electrons. The Morgan fingerprint density at radius 2 is 2.00 bits per heavy atom. The molecule has 0 aliphatic rings. The lowest BCUT2D eigenvalue weighted by Crippen LogP contribution is -1.96. The standard InChI is InChI=1S/C16H13ClN4O2S/c1-20-15(13-7-2-3-8-14(13)17)18-19-16(20)24-10-11-5-4-6-12(9-11)21(22)23/h2-9H,10H2,1H3. The summed E-state index contributed by atoms with van der Waals surface area (Å²) in [7, 11) is 1.87. The minimum atomic E-state index is -0.397. The number of hydrogen-bond donors (Lipinski definition) is 0. The topological polar surface area (TPSA) is 73.8 Å². The fourth-order valence-electron chi connectivity index (χ4n) is 2.23. The van der Waals surface area contributed by atoms with E-state index in [1.165, 1.54) is 17.8 Å². The zero-order valence-electron chi connectivity index (χ0n) is 12.7. The van der Waals surface area contributed by atoms with Gasteiger partial charge < -0.3 is 4.57 Å². The monoisotopic (exact) mass is 360 g/mol. The van der Waals surface area contributed by atoms with Crippen molar-refractivity contribution >= 4 is 29.1 Å². The Morgan fingerprint density at radius 3 is 2.75 bits per heavy atom. The summed E-state index contributed by atoms with van der Waals surface area (Å²) in [5, 5.41) is 20.6.